The number of amides is 1. The fourth-order valence-corrected chi connectivity index (χ4v) is 9.80. The molecular formula is C45H79NO19. The lowest BCUT2D eigenvalue weighted by Crippen LogP contribution is -2.65. The molecule has 6 heterocycles. The second-order valence-electron chi connectivity index (χ2n) is 18.6. The fraction of sp³-hybridized carbons (Fsp3) is 0.978. The molecule has 6 aliphatic rings. The van der Waals surface area contributed by atoms with Crippen molar-refractivity contribution in [3.8, 4) is 0 Å². The summed E-state index contributed by atoms with van der Waals surface area (Å²) in [6, 6.07) is 0. The van der Waals surface area contributed by atoms with E-state index in [-0.39, 0.29) is 19.8 Å². The van der Waals surface area contributed by atoms with Crippen LogP contribution in [0.1, 0.15) is 117 Å². The highest BCUT2D eigenvalue weighted by molar-refractivity contribution is 5.67. The SMILES string of the molecule is CCCCCCCCCCCCCCCCCCNC(=O)OCC1O[C@@H](O[C@H]2C3OC[C@H]2O[C@@H](O[C@@H]2C(O)[C@H](O[C@H]4C5OC[C@H]4O[C@@H](C)C5O)OC(CO)[C@@H]2O)C3O)C(O)[C@@H](OC)[C@H]1O. The number of aliphatic hydroxyl groups excluding tert-OH is 7. The number of rotatable bonds is 27. The normalized spacial score (nSPS) is 41.4. The summed E-state index contributed by atoms with van der Waals surface area (Å²) in [5.41, 5.74) is 0. The minimum Gasteiger partial charge on any atom is -0.447 e. The van der Waals surface area contributed by atoms with E-state index in [1.165, 1.54) is 90.6 Å². The lowest BCUT2D eigenvalue weighted by Gasteiger charge is -2.47. The zero-order chi connectivity index (χ0) is 46.5. The largest absolute Gasteiger partial charge is 0.447 e. The molecule has 0 aromatic carbocycles. The molecule has 20 heteroatoms. The molecule has 65 heavy (non-hydrogen) atoms. The average molecular weight is 938 g/mol. The van der Waals surface area contributed by atoms with E-state index in [1.807, 2.05) is 0 Å². The van der Waals surface area contributed by atoms with Crippen LogP contribution >= 0.6 is 0 Å². The summed E-state index contributed by atoms with van der Waals surface area (Å²) in [5, 5.41) is 79.3. The van der Waals surface area contributed by atoms with Crippen LogP contribution < -0.4 is 5.32 Å². The standard InChI is InChI=1S/C45H79NO19/c1-4-5-6-7-8-9-10-11-12-13-14-15-16-17-18-19-20-46-45(54)58-22-27-32(50)38(55-3)33(51)42(61-27)64-37-29-24-57-41(37)35(53)44(62-29)65-39-31(49)26(21-47)60-43(34(39)52)63-36-28-23-56-40(36)30(48)25(2)59-28/h25-44,47-53H,4-24H2,1-3H3,(H,46,54)/t25-,26?,27?,28+,29+,30?,31-,32-,33?,34?,35?,36+,37+,38-,39-,40?,41?,42-,43-,44-/m0/s1. The molecule has 20 nitrogen and oxygen atoms in total. The number of hydrogen-bond donors (Lipinski definition) is 8. The molecule has 6 saturated heterocycles. The minimum atomic E-state index is -1.67. The van der Waals surface area contributed by atoms with Crippen LogP contribution in [0.25, 0.3) is 0 Å². The Morgan fingerprint density at radius 3 is 1.57 bits per heavy atom. The zero-order valence-corrected chi connectivity index (χ0v) is 38.4. The summed E-state index contributed by atoms with van der Waals surface area (Å²) in [6.07, 6.45) is -4.65. The van der Waals surface area contributed by atoms with Crippen LogP contribution in [0.4, 0.5) is 4.79 Å². The highest BCUT2D eigenvalue weighted by Crippen LogP contribution is 2.39. The Morgan fingerprint density at radius 1 is 0.554 bits per heavy atom. The molecule has 0 aliphatic carbocycles. The summed E-state index contributed by atoms with van der Waals surface area (Å²) >= 11 is 0. The van der Waals surface area contributed by atoms with Gasteiger partial charge in [0.2, 0.25) is 0 Å². The van der Waals surface area contributed by atoms with Gasteiger partial charge >= 0.3 is 6.09 Å². The van der Waals surface area contributed by atoms with Gasteiger partial charge < -0.3 is 93.2 Å². The van der Waals surface area contributed by atoms with Crippen molar-refractivity contribution in [2.45, 2.75) is 239 Å². The summed E-state index contributed by atoms with van der Waals surface area (Å²) in [7, 11) is 1.30. The molecule has 0 aromatic rings. The molecule has 0 aromatic heterocycles. The smallest absolute Gasteiger partial charge is 0.407 e. The first-order chi connectivity index (χ1) is 31.5. The lowest BCUT2D eigenvalue weighted by molar-refractivity contribution is -0.370. The van der Waals surface area contributed by atoms with E-state index in [2.05, 4.69) is 12.2 Å². The van der Waals surface area contributed by atoms with E-state index in [4.69, 9.17) is 52.1 Å². The van der Waals surface area contributed by atoms with Gasteiger partial charge in [-0.3, -0.25) is 0 Å². The van der Waals surface area contributed by atoms with Crippen molar-refractivity contribution in [3.63, 3.8) is 0 Å². The second kappa shape index (κ2) is 26.5. The first-order valence-electron chi connectivity index (χ1n) is 24.4. The highest BCUT2D eigenvalue weighted by Gasteiger charge is 2.58. The van der Waals surface area contributed by atoms with Crippen molar-refractivity contribution < 1.29 is 92.6 Å². The molecule has 6 aliphatic heterocycles. The molecule has 6 rings (SSSR count). The Bertz CT molecular complexity index is 1370. The van der Waals surface area contributed by atoms with Crippen molar-refractivity contribution in [3.05, 3.63) is 0 Å². The van der Waals surface area contributed by atoms with E-state index < -0.39 is 135 Å². The Morgan fingerprint density at radius 2 is 1.02 bits per heavy atom. The summed E-state index contributed by atoms with van der Waals surface area (Å²) in [5.74, 6) is 0. The number of fused-ring (bicyclic) bond motifs is 4. The van der Waals surface area contributed by atoms with Crippen LogP contribution in [-0.4, -0.2) is 205 Å². The maximum absolute atomic E-state index is 12.6. The monoisotopic (exact) mass is 938 g/mol. The Labute approximate surface area is 382 Å². The summed E-state index contributed by atoms with van der Waals surface area (Å²) < 4.78 is 63.9. The fourth-order valence-electron chi connectivity index (χ4n) is 9.80. The van der Waals surface area contributed by atoms with Crippen molar-refractivity contribution >= 4 is 6.09 Å². The Balaban J connectivity index is 0.904. The molecule has 0 radical (unpaired) electrons. The summed E-state index contributed by atoms with van der Waals surface area (Å²) in [4.78, 5) is 12.6. The van der Waals surface area contributed by atoms with Crippen LogP contribution in [-0.2, 0) is 52.1 Å². The highest BCUT2D eigenvalue weighted by atomic mass is 16.8. The minimum absolute atomic E-state index is 0.0768. The Kier molecular flexibility index (Phi) is 21.6. The van der Waals surface area contributed by atoms with Gasteiger partial charge in [-0.2, -0.15) is 0 Å². The molecule has 6 fully saturated rings. The molecule has 8 N–H and O–H groups in total. The van der Waals surface area contributed by atoms with E-state index in [0.717, 1.165) is 19.3 Å². The van der Waals surface area contributed by atoms with E-state index in [1.54, 1.807) is 6.92 Å². The molecule has 0 saturated carbocycles. The number of carbonyl (C=O) groups excluding carboxylic acids is 1. The quantitative estimate of drug-likeness (QED) is 0.0535. The lowest BCUT2D eigenvalue weighted by atomic mass is 9.96. The molecule has 8 unspecified atom stereocenters. The number of aliphatic hydroxyl groups is 7. The van der Waals surface area contributed by atoms with Crippen LogP contribution in [0, 0.1) is 0 Å². The van der Waals surface area contributed by atoms with Crippen LogP contribution in [0.2, 0.25) is 0 Å². The van der Waals surface area contributed by atoms with Crippen LogP contribution in [0.5, 0.6) is 0 Å². The number of carbonyl (C=O) groups is 1. The van der Waals surface area contributed by atoms with Crippen molar-refractivity contribution in [2.75, 3.05) is 40.1 Å². The predicted molar refractivity (Wildman–Crippen MR) is 227 cm³/mol. The predicted octanol–water partition coefficient (Wildman–Crippen LogP) is 1.06. The number of methoxy groups -OCH3 is 1. The van der Waals surface area contributed by atoms with Crippen molar-refractivity contribution in [1.82, 2.24) is 5.32 Å². The third kappa shape index (κ3) is 13.9. The van der Waals surface area contributed by atoms with Crippen molar-refractivity contribution in [1.29, 1.82) is 0 Å². The number of alkyl carbamates (subject to hydrolysis) is 1. The molecular weight excluding hydrogens is 858 g/mol. The molecule has 1 amide bonds. The summed E-state index contributed by atoms with van der Waals surface area (Å²) in [6.45, 7) is 3.40. The third-order valence-corrected chi connectivity index (χ3v) is 13.7. The Hall–Kier alpha value is -1.41. The maximum atomic E-state index is 12.6. The number of hydrogen-bond acceptors (Lipinski definition) is 19. The molecule has 4 bridgehead atoms. The van der Waals surface area contributed by atoms with Gasteiger partial charge in [-0.25, -0.2) is 4.79 Å². The van der Waals surface area contributed by atoms with E-state index in [9.17, 15) is 40.5 Å². The van der Waals surface area contributed by atoms with Gasteiger partial charge in [0.25, 0.3) is 0 Å². The molecule has 378 valence electrons. The molecule has 20 atom stereocenters. The first kappa shape index (κ1) is 53.0. The van der Waals surface area contributed by atoms with Gasteiger partial charge in [-0.05, 0) is 13.3 Å². The second-order valence-corrected chi connectivity index (χ2v) is 18.6. The van der Waals surface area contributed by atoms with Gasteiger partial charge in [0, 0.05) is 13.7 Å². The van der Waals surface area contributed by atoms with Crippen LogP contribution in [0.3, 0.4) is 0 Å². The third-order valence-electron chi connectivity index (χ3n) is 13.7. The topological polar surface area (TPSA) is 272 Å². The van der Waals surface area contributed by atoms with Gasteiger partial charge in [-0.15, -0.1) is 0 Å². The number of unbranched alkanes of at least 4 members (excludes halogenated alkanes) is 15. The van der Waals surface area contributed by atoms with E-state index in [0.29, 0.717) is 6.54 Å². The number of nitrogens with one attached hydrogen (secondary N) is 1. The zero-order valence-electron chi connectivity index (χ0n) is 38.4. The molecule has 0 spiro atoms. The van der Waals surface area contributed by atoms with Gasteiger partial charge in [0.15, 0.2) is 18.9 Å². The average Bonchev–Trinajstić information content (AvgIpc) is 3.78. The van der Waals surface area contributed by atoms with E-state index >= 15 is 0 Å². The van der Waals surface area contributed by atoms with Gasteiger partial charge in [-0.1, -0.05) is 103 Å². The van der Waals surface area contributed by atoms with Gasteiger partial charge in [0.05, 0.1) is 25.9 Å². The van der Waals surface area contributed by atoms with Crippen LogP contribution in [0.15, 0.2) is 0 Å². The number of ether oxygens (including phenoxy) is 11. The maximum Gasteiger partial charge on any atom is 0.407 e. The van der Waals surface area contributed by atoms with Gasteiger partial charge in [0.1, 0.15) is 104 Å². The first-order valence-corrected chi connectivity index (χ1v) is 24.4. The van der Waals surface area contributed by atoms with Crippen molar-refractivity contribution in [2.24, 2.45) is 0 Å².